The Labute approximate surface area is 120 Å². The van der Waals surface area contributed by atoms with Gasteiger partial charge in [-0.1, -0.05) is 0 Å². The Morgan fingerprint density at radius 3 is 2.65 bits per heavy atom. The van der Waals surface area contributed by atoms with Gasteiger partial charge >= 0.3 is 0 Å². The van der Waals surface area contributed by atoms with E-state index in [1.165, 1.54) is 0 Å². The minimum absolute atomic E-state index is 0.107. The van der Waals surface area contributed by atoms with Gasteiger partial charge in [0, 0.05) is 39.1 Å². The number of ether oxygens (including phenoxy) is 1. The number of carbonyl (C=O) groups excluding carboxylic acids is 1. The van der Waals surface area contributed by atoms with Gasteiger partial charge in [0.05, 0.1) is 11.2 Å². The zero-order valence-corrected chi connectivity index (χ0v) is 12.4. The summed E-state index contributed by atoms with van der Waals surface area (Å²) in [6, 6.07) is 5.37. The Morgan fingerprint density at radius 2 is 2.15 bits per heavy atom. The van der Waals surface area contributed by atoms with Crippen molar-refractivity contribution in [3.05, 3.63) is 23.8 Å². The molecule has 3 N–H and O–H groups in total. The molecule has 1 aliphatic carbocycles. The smallest absolute Gasteiger partial charge is 0.253 e. The number of nitrogens with zero attached hydrogens (tertiary/aromatic N) is 1. The summed E-state index contributed by atoms with van der Waals surface area (Å²) < 4.78 is 5.51. The molecule has 5 heteroatoms. The highest BCUT2D eigenvalue weighted by molar-refractivity contribution is 6.00. The highest BCUT2D eigenvalue weighted by Crippen LogP contribution is 2.34. The molecule has 0 aliphatic heterocycles. The van der Waals surface area contributed by atoms with E-state index in [1.54, 1.807) is 19.2 Å². The SMILES string of the molecule is COC1(CNC(=O)c2cc(N)ccc2N(C)C)CCC1. The quantitative estimate of drug-likeness (QED) is 0.803. The predicted octanol–water partition coefficient (Wildman–Crippen LogP) is 1.63. The number of hydrogen-bond donors (Lipinski definition) is 2. The number of methoxy groups -OCH3 is 1. The van der Waals surface area contributed by atoms with Crippen LogP contribution in [0.1, 0.15) is 29.6 Å². The lowest BCUT2D eigenvalue weighted by molar-refractivity contribution is -0.0679. The highest BCUT2D eigenvalue weighted by atomic mass is 16.5. The van der Waals surface area contributed by atoms with Gasteiger partial charge in [-0.25, -0.2) is 0 Å². The van der Waals surface area contributed by atoms with E-state index in [0.29, 0.717) is 17.8 Å². The number of amides is 1. The van der Waals surface area contributed by atoms with E-state index in [9.17, 15) is 4.79 Å². The largest absolute Gasteiger partial charge is 0.399 e. The van der Waals surface area contributed by atoms with E-state index in [2.05, 4.69) is 5.32 Å². The molecule has 0 saturated heterocycles. The lowest BCUT2D eigenvalue weighted by Crippen LogP contribution is -2.49. The molecule has 0 aromatic heterocycles. The van der Waals surface area contributed by atoms with Gasteiger partial charge in [-0.15, -0.1) is 0 Å². The maximum atomic E-state index is 12.4. The van der Waals surface area contributed by atoms with Gasteiger partial charge in [-0.3, -0.25) is 4.79 Å². The van der Waals surface area contributed by atoms with E-state index >= 15 is 0 Å². The van der Waals surface area contributed by atoms with E-state index in [4.69, 9.17) is 10.5 Å². The molecule has 1 aromatic rings. The fourth-order valence-electron chi connectivity index (χ4n) is 2.49. The van der Waals surface area contributed by atoms with Crippen LogP contribution in [-0.2, 0) is 4.74 Å². The molecule has 1 aliphatic rings. The van der Waals surface area contributed by atoms with Crippen molar-refractivity contribution in [3.8, 4) is 0 Å². The number of rotatable bonds is 5. The molecule has 0 spiro atoms. The topological polar surface area (TPSA) is 67.6 Å². The van der Waals surface area contributed by atoms with Crippen LogP contribution in [0.5, 0.6) is 0 Å². The van der Waals surface area contributed by atoms with Crippen molar-refractivity contribution in [1.82, 2.24) is 5.32 Å². The van der Waals surface area contributed by atoms with E-state index < -0.39 is 0 Å². The van der Waals surface area contributed by atoms with Crippen molar-refractivity contribution in [3.63, 3.8) is 0 Å². The number of benzene rings is 1. The molecule has 0 atom stereocenters. The van der Waals surface area contributed by atoms with Crippen LogP contribution < -0.4 is 16.0 Å². The van der Waals surface area contributed by atoms with Crippen molar-refractivity contribution in [2.45, 2.75) is 24.9 Å². The minimum Gasteiger partial charge on any atom is -0.399 e. The third kappa shape index (κ3) is 2.88. The average Bonchev–Trinajstić information content (AvgIpc) is 2.37. The van der Waals surface area contributed by atoms with Gasteiger partial charge in [0.2, 0.25) is 0 Å². The van der Waals surface area contributed by atoms with Gasteiger partial charge < -0.3 is 20.7 Å². The fourth-order valence-corrected chi connectivity index (χ4v) is 2.49. The molecule has 20 heavy (non-hydrogen) atoms. The van der Waals surface area contributed by atoms with E-state index in [0.717, 1.165) is 24.9 Å². The fraction of sp³-hybridized carbons (Fsp3) is 0.533. The zero-order valence-electron chi connectivity index (χ0n) is 12.4. The van der Waals surface area contributed by atoms with Gasteiger partial charge in [0.1, 0.15) is 0 Å². The van der Waals surface area contributed by atoms with Crippen LogP contribution in [0.4, 0.5) is 11.4 Å². The Hall–Kier alpha value is -1.75. The Balaban J connectivity index is 2.10. The molecule has 0 unspecified atom stereocenters. The second kappa shape index (κ2) is 5.71. The normalized spacial score (nSPS) is 16.4. The summed E-state index contributed by atoms with van der Waals surface area (Å²) in [5.74, 6) is -0.107. The van der Waals surface area contributed by atoms with Crippen molar-refractivity contribution >= 4 is 17.3 Å². The molecule has 110 valence electrons. The maximum absolute atomic E-state index is 12.4. The molecular formula is C15H23N3O2. The lowest BCUT2D eigenvalue weighted by atomic mass is 9.80. The van der Waals surface area contributed by atoms with E-state index in [1.807, 2.05) is 25.1 Å². The Morgan fingerprint density at radius 1 is 1.45 bits per heavy atom. The molecule has 5 nitrogen and oxygen atoms in total. The number of nitrogens with two attached hydrogens (primary N) is 1. The zero-order chi connectivity index (χ0) is 14.8. The first-order chi connectivity index (χ1) is 9.47. The van der Waals surface area contributed by atoms with Gasteiger partial charge in [-0.2, -0.15) is 0 Å². The minimum atomic E-state index is -0.172. The first-order valence-corrected chi connectivity index (χ1v) is 6.88. The molecule has 1 saturated carbocycles. The predicted molar refractivity (Wildman–Crippen MR) is 81.1 cm³/mol. The van der Waals surface area contributed by atoms with Crippen LogP contribution in [0.25, 0.3) is 0 Å². The molecule has 0 radical (unpaired) electrons. The molecule has 1 fully saturated rings. The van der Waals surface area contributed by atoms with Crippen molar-refractivity contribution in [2.24, 2.45) is 0 Å². The van der Waals surface area contributed by atoms with Crippen LogP contribution in [0.3, 0.4) is 0 Å². The standard InChI is InChI=1S/C15H23N3O2/c1-18(2)13-6-5-11(16)9-12(13)14(19)17-10-15(20-3)7-4-8-15/h5-6,9H,4,7-8,10,16H2,1-3H3,(H,17,19). The molecular weight excluding hydrogens is 254 g/mol. The molecule has 2 rings (SSSR count). The highest BCUT2D eigenvalue weighted by Gasteiger charge is 2.37. The summed E-state index contributed by atoms with van der Waals surface area (Å²) in [5.41, 5.74) is 7.66. The average molecular weight is 277 g/mol. The number of nitrogen functional groups attached to an aromatic ring is 1. The molecule has 1 aromatic carbocycles. The number of carbonyl (C=O) groups is 1. The molecule has 1 amide bonds. The van der Waals surface area contributed by atoms with E-state index in [-0.39, 0.29) is 11.5 Å². The van der Waals surface area contributed by atoms with Crippen molar-refractivity contribution in [2.75, 3.05) is 38.4 Å². The summed E-state index contributed by atoms with van der Waals surface area (Å²) >= 11 is 0. The third-order valence-electron chi connectivity index (χ3n) is 4.02. The molecule has 0 heterocycles. The van der Waals surface area contributed by atoms with Crippen molar-refractivity contribution in [1.29, 1.82) is 0 Å². The molecule has 0 bridgehead atoms. The monoisotopic (exact) mass is 277 g/mol. The van der Waals surface area contributed by atoms with Crippen LogP contribution in [0.2, 0.25) is 0 Å². The summed E-state index contributed by atoms with van der Waals surface area (Å²) in [7, 11) is 5.52. The second-order valence-electron chi connectivity index (χ2n) is 5.59. The van der Waals surface area contributed by atoms with Crippen LogP contribution in [0.15, 0.2) is 18.2 Å². The first kappa shape index (κ1) is 14.7. The Kier molecular flexibility index (Phi) is 4.18. The van der Waals surface area contributed by atoms with Crippen molar-refractivity contribution < 1.29 is 9.53 Å². The summed E-state index contributed by atoms with van der Waals surface area (Å²) in [6.07, 6.45) is 3.16. The number of hydrogen-bond acceptors (Lipinski definition) is 4. The van der Waals surface area contributed by atoms with Crippen LogP contribution >= 0.6 is 0 Å². The van der Waals surface area contributed by atoms with Gasteiger partial charge in [0.15, 0.2) is 0 Å². The van der Waals surface area contributed by atoms with Crippen LogP contribution in [0, 0.1) is 0 Å². The Bertz CT molecular complexity index is 490. The lowest BCUT2D eigenvalue weighted by Gasteiger charge is -2.40. The van der Waals surface area contributed by atoms with Gasteiger partial charge in [0.25, 0.3) is 5.91 Å². The van der Waals surface area contributed by atoms with Gasteiger partial charge in [-0.05, 0) is 37.5 Å². The number of anilines is 2. The summed E-state index contributed by atoms with van der Waals surface area (Å²) in [4.78, 5) is 14.3. The first-order valence-electron chi connectivity index (χ1n) is 6.88. The third-order valence-corrected chi connectivity index (χ3v) is 4.02. The second-order valence-corrected chi connectivity index (χ2v) is 5.59. The van der Waals surface area contributed by atoms with Crippen LogP contribution in [-0.4, -0.2) is 39.3 Å². The summed E-state index contributed by atoms with van der Waals surface area (Å²) in [5, 5.41) is 2.97. The number of nitrogens with one attached hydrogen (secondary N) is 1. The maximum Gasteiger partial charge on any atom is 0.253 e. The summed E-state index contributed by atoms with van der Waals surface area (Å²) in [6.45, 7) is 0.546.